The molecule has 0 atom stereocenters. The first-order chi connectivity index (χ1) is 32.9. The van der Waals surface area contributed by atoms with Crippen LogP contribution in [0.15, 0.2) is 36.5 Å². The van der Waals surface area contributed by atoms with Crippen molar-refractivity contribution >= 4 is 29.7 Å². The van der Waals surface area contributed by atoms with Crippen molar-refractivity contribution in [1.29, 1.82) is 0 Å². The molecule has 67 heavy (non-hydrogen) atoms. The van der Waals surface area contributed by atoms with E-state index in [0.29, 0.717) is 52.5 Å². The molecule has 13 heteroatoms. The number of nitrogens with one attached hydrogen (secondary N) is 1. The van der Waals surface area contributed by atoms with E-state index in [4.69, 9.17) is 28.4 Å². The van der Waals surface area contributed by atoms with Crippen LogP contribution >= 0.6 is 0 Å². The van der Waals surface area contributed by atoms with Gasteiger partial charge in [-0.1, -0.05) is 141 Å². The molecule has 0 aliphatic carbocycles. The summed E-state index contributed by atoms with van der Waals surface area (Å²) >= 11 is 0. The zero-order chi connectivity index (χ0) is 48.5. The number of allylic oxidation sites excluding steroid dienone is 4. The summed E-state index contributed by atoms with van der Waals surface area (Å²) < 4.78 is 33.1. The van der Waals surface area contributed by atoms with Crippen molar-refractivity contribution in [2.45, 2.75) is 206 Å². The average Bonchev–Trinajstić information content (AvgIpc) is 3.64. The Morgan fingerprint density at radius 3 is 1.21 bits per heavy atom. The van der Waals surface area contributed by atoms with Gasteiger partial charge in [-0.25, -0.2) is 0 Å². The summed E-state index contributed by atoms with van der Waals surface area (Å²) in [5.41, 5.74) is 0. The predicted octanol–water partition coefficient (Wildman–Crippen LogP) is 11.0. The highest BCUT2D eigenvalue weighted by atomic mass is 16.6. The minimum atomic E-state index is -0.659. The second kappa shape index (κ2) is 47.7. The van der Waals surface area contributed by atoms with E-state index in [1.165, 1.54) is 102 Å². The number of nitrogens with zero attached hydrogens (tertiary/aromatic N) is 1. The van der Waals surface area contributed by atoms with Gasteiger partial charge in [-0.2, -0.15) is 0 Å². The summed E-state index contributed by atoms with van der Waals surface area (Å²) in [7, 11) is 0. The van der Waals surface area contributed by atoms with Crippen molar-refractivity contribution in [2.24, 2.45) is 0 Å². The van der Waals surface area contributed by atoms with Crippen LogP contribution in [0.1, 0.15) is 200 Å². The van der Waals surface area contributed by atoms with Crippen molar-refractivity contribution < 1.29 is 52.4 Å². The molecule has 0 aromatic rings. The molecule has 1 heterocycles. The van der Waals surface area contributed by atoms with E-state index in [2.05, 4.69) is 43.5 Å². The molecule has 0 spiro atoms. The SMILES string of the molecule is CCCCCCCC/C=C\CCCCCCCC(=O)OCC(COC(=O)CCCCCCC/C=C\CCCCCCCC)NC(=O)CCOCCOCCOCCOCCN1C(=O)C=CC1=O. The number of hydrogen-bond acceptors (Lipinski definition) is 11. The number of unbranched alkanes of at least 4 members (excludes halogenated alkanes) is 22. The highest BCUT2D eigenvalue weighted by Gasteiger charge is 2.22. The fourth-order valence-corrected chi connectivity index (χ4v) is 7.38. The quantitative estimate of drug-likeness (QED) is 0.0268. The summed E-state index contributed by atoms with van der Waals surface area (Å²) in [5.74, 6) is -1.58. The van der Waals surface area contributed by atoms with Gasteiger partial charge in [0, 0.05) is 31.4 Å². The lowest BCUT2D eigenvalue weighted by atomic mass is 10.1. The Bertz CT molecular complexity index is 1250. The van der Waals surface area contributed by atoms with E-state index >= 15 is 0 Å². The monoisotopic (exact) mass is 947 g/mol. The van der Waals surface area contributed by atoms with Gasteiger partial charge in [-0.05, 0) is 64.2 Å². The number of amides is 3. The van der Waals surface area contributed by atoms with E-state index in [0.717, 1.165) is 81.9 Å². The Morgan fingerprint density at radius 2 is 0.806 bits per heavy atom. The second-order valence-corrected chi connectivity index (χ2v) is 17.7. The molecule has 386 valence electrons. The summed E-state index contributed by atoms with van der Waals surface area (Å²) in [6.07, 6.45) is 43.2. The van der Waals surface area contributed by atoms with Crippen LogP contribution in [-0.4, -0.2) is 113 Å². The number of carbonyl (C=O) groups is 5. The number of esters is 2. The summed E-state index contributed by atoms with van der Waals surface area (Å²) in [6, 6.07) is -0.659. The topological polar surface area (TPSA) is 156 Å². The maximum Gasteiger partial charge on any atom is 0.305 e. The fourth-order valence-electron chi connectivity index (χ4n) is 7.38. The summed E-state index contributed by atoms with van der Waals surface area (Å²) in [5, 5.41) is 2.86. The van der Waals surface area contributed by atoms with Crippen molar-refractivity contribution in [1.82, 2.24) is 10.2 Å². The number of rotatable bonds is 50. The van der Waals surface area contributed by atoms with Gasteiger partial charge in [-0.3, -0.25) is 28.9 Å². The van der Waals surface area contributed by atoms with E-state index in [9.17, 15) is 24.0 Å². The lowest BCUT2D eigenvalue weighted by molar-refractivity contribution is -0.149. The first-order valence-electron chi connectivity index (χ1n) is 26.6. The minimum Gasteiger partial charge on any atom is -0.463 e. The lowest BCUT2D eigenvalue weighted by Gasteiger charge is -2.19. The Labute approximate surface area is 406 Å². The van der Waals surface area contributed by atoms with Crippen LogP contribution in [0.25, 0.3) is 0 Å². The van der Waals surface area contributed by atoms with Crippen molar-refractivity contribution in [3.63, 3.8) is 0 Å². The fraction of sp³-hybridized carbons (Fsp3) is 0.796. The van der Waals surface area contributed by atoms with Crippen LogP contribution in [0.5, 0.6) is 0 Å². The zero-order valence-electron chi connectivity index (χ0n) is 42.3. The van der Waals surface area contributed by atoms with E-state index in [1.54, 1.807) is 0 Å². The molecule has 0 saturated carbocycles. The number of hydrogen-bond donors (Lipinski definition) is 1. The van der Waals surface area contributed by atoms with Gasteiger partial charge in [-0.15, -0.1) is 0 Å². The number of carbonyl (C=O) groups excluding carboxylic acids is 5. The van der Waals surface area contributed by atoms with Crippen LogP contribution in [0.2, 0.25) is 0 Å². The van der Waals surface area contributed by atoms with Gasteiger partial charge in [0.15, 0.2) is 0 Å². The summed E-state index contributed by atoms with van der Waals surface area (Å²) in [4.78, 5) is 62.2. The Hall–Kier alpha value is -3.39. The highest BCUT2D eigenvalue weighted by Crippen LogP contribution is 2.13. The van der Waals surface area contributed by atoms with Crippen molar-refractivity contribution in [3.8, 4) is 0 Å². The third-order valence-electron chi connectivity index (χ3n) is 11.5. The molecule has 0 fully saturated rings. The first kappa shape index (κ1) is 61.6. The van der Waals surface area contributed by atoms with E-state index < -0.39 is 6.04 Å². The molecule has 1 rings (SSSR count). The van der Waals surface area contributed by atoms with Gasteiger partial charge in [0.1, 0.15) is 13.2 Å². The van der Waals surface area contributed by atoms with Crippen LogP contribution in [-0.2, 0) is 52.4 Å². The van der Waals surface area contributed by atoms with Crippen LogP contribution in [0.4, 0.5) is 0 Å². The maximum atomic E-state index is 12.8. The molecule has 1 N–H and O–H groups in total. The van der Waals surface area contributed by atoms with E-state index in [-0.39, 0.29) is 69.1 Å². The Balaban J connectivity index is 2.26. The van der Waals surface area contributed by atoms with Gasteiger partial charge in [0.05, 0.1) is 65.4 Å². The largest absolute Gasteiger partial charge is 0.463 e. The molecule has 0 aromatic heterocycles. The van der Waals surface area contributed by atoms with Crippen LogP contribution in [0, 0.1) is 0 Å². The van der Waals surface area contributed by atoms with Crippen LogP contribution in [0.3, 0.4) is 0 Å². The standard InChI is InChI=1S/C54H94N2O11/c1-3-5-7-9-11-13-15-17-19-21-23-25-27-29-31-33-53(60)66-47-49(48-67-54(61)34-32-30-28-26-24-22-20-18-16-14-12-10-8-6-4-2)55-50(57)37-39-62-41-43-64-45-46-65-44-42-63-40-38-56-51(58)35-36-52(56)59/h17-20,35-36,49H,3-16,21-34,37-48H2,1-2H3,(H,55,57)/b19-17-,20-18-. The average molecular weight is 947 g/mol. The molecular weight excluding hydrogens is 853 g/mol. The third kappa shape index (κ3) is 41.3. The van der Waals surface area contributed by atoms with Gasteiger partial charge in [0.2, 0.25) is 5.91 Å². The smallest absolute Gasteiger partial charge is 0.305 e. The summed E-state index contributed by atoms with van der Waals surface area (Å²) in [6.45, 7) is 7.01. The Morgan fingerprint density at radius 1 is 0.463 bits per heavy atom. The van der Waals surface area contributed by atoms with Gasteiger partial charge >= 0.3 is 11.9 Å². The molecule has 0 bridgehead atoms. The van der Waals surface area contributed by atoms with Gasteiger partial charge in [0.25, 0.3) is 11.8 Å². The third-order valence-corrected chi connectivity index (χ3v) is 11.5. The molecule has 13 nitrogen and oxygen atoms in total. The number of imide groups is 1. The molecule has 0 saturated heterocycles. The van der Waals surface area contributed by atoms with Crippen molar-refractivity contribution in [3.05, 3.63) is 36.5 Å². The first-order valence-corrected chi connectivity index (χ1v) is 26.6. The zero-order valence-corrected chi connectivity index (χ0v) is 42.3. The van der Waals surface area contributed by atoms with E-state index in [1.807, 2.05) is 0 Å². The predicted molar refractivity (Wildman–Crippen MR) is 267 cm³/mol. The number of ether oxygens (including phenoxy) is 6. The highest BCUT2D eigenvalue weighted by molar-refractivity contribution is 6.12. The molecular formula is C54H94N2O11. The molecule has 0 aromatic carbocycles. The second-order valence-electron chi connectivity index (χ2n) is 17.7. The molecule has 1 aliphatic heterocycles. The Kier molecular flexibility index (Phi) is 43.8. The minimum absolute atomic E-state index is 0.0719. The molecule has 1 aliphatic rings. The maximum absolute atomic E-state index is 12.8. The van der Waals surface area contributed by atoms with Crippen LogP contribution < -0.4 is 5.32 Å². The van der Waals surface area contributed by atoms with Gasteiger partial charge < -0.3 is 33.7 Å². The molecule has 0 radical (unpaired) electrons. The van der Waals surface area contributed by atoms with Crippen molar-refractivity contribution in [2.75, 3.05) is 72.6 Å². The molecule has 0 unspecified atom stereocenters. The normalized spacial score (nSPS) is 12.7. The molecule has 3 amide bonds. The lowest BCUT2D eigenvalue weighted by Crippen LogP contribution is -2.42.